The Morgan fingerprint density at radius 1 is 1.11 bits per heavy atom. The van der Waals surface area contributed by atoms with Crippen molar-refractivity contribution in [2.24, 2.45) is 0 Å². The first-order valence-corrected chi connectivity index (χ1v) is 10.2. The lowest BCUT2D eigenvalue weighted by Crippen LogP contribution is -2.40. The van der Waals surface area contributed by atoms with Crippen molar-refractivity contribution in [2.75, 3.05) is 11.9 Å². The van der Waals surface area contributed by atoms with Crippen molar-refractivity contribution in [1.29, 1.82) is 0 Å². The van der Waals surface area contributed by atoms with Gasteiger partial charge in [0.2, 0.25) is 5.91 Å². The summed E-state index contributed by atoms with van der Waals surface area (Å²) in [5.41, 5.74) is 5.52. The van der Waals surface area contributed by atoms with E-state index in [-0.39, 0.29) is 11.9 Å². The number of rotatable bonds is 4. The summed E-state index contributed by atoms with van der Waals surface area (Å²) in [7, 11) is 0. The van der Waals surface area contributed by atoms with E-state index in [4.69, 9.17) is 0 Å². The van der Waals surface area contributed by atoms with Gasteiger partial charge in [-0.15, -0.1) is 11.3 Å². The molecule has 0 bridgehead atoms. The summed E-state index contributed by atoms with van der Waals surface area (Å²) in [5, 5.41) is 5.34. The second-order valence-corrected chi connectivity index (χ2v) is 8.21. The molecule has 0 aliphatic carbocycles. The molecule has 1 N–H and O–H groups in total. The van der Waals surface area contributed by atoms with E-state index in [9.17, 15) is 4.79 Å². The van der Waals surface area contributed by atoms with Crippen molar-refractivity contribution in [3.63, 3.8) is 0 Å². The summed E-state index contributed by atoms with van der Waals surface area (Å²) in [6.45, 7) is 5.80. The summed E-state index contributed by atoms with van der Waals surface area (Å²) >= 11 is 1.82. The van der Waals surface area contributed by atoms with Crippen molar-refractivity contribution in [1.82, 2.24) is 4.90 Å². The summed E-state index contributed by atoms with van der Waals surface area (Å²) in [6, 6.07) is 18.2. The lowest BCUT2D eigenvalue weighted by Gasteiger charge is -2.34. The van der Waals surface area contributed by atoms with Gasteiger partial charge in [-0.25, -0.2) is 0 Å². The minimum Gasteiger partial charge on any atom is -0.324 e. The highest BCUT2D eigenvalue weighted by Crippen LogP contribution is 2.31. The second-order valence-electron chi connectivity index (χ2n) is 7.21. The lowest BCUT2D eigenvalue weighted by atomic mass is 10.00. The van der Waals surface area contributed by atoms with E-state index in [1.807, 2.05) is 49.4 Å². The number of benzene rings is 2. The quantitative estimate of drug-likeness (QED) is 0.687. The van der Waals surface area contributed by atoms with Gasteiger partial charge in [-0.05, 0) is 60.0 Å². The molecule has 1 atom stereocenters. The van der Waals surface area contributed by atoms with Crippen LogP contribution in [-0.2, 0) is 17.8 Å². The highest BCUT2D eigenvalue weighted by molar-refractivity contribution is 7.10. The average molecular weight is 377 g/mol. The van der Waals surface area contributed by atoms with Crippen LogP contribution < -0.4 is 5.32 Å². The third-order valence-corrected chi connectivity index (χ3v) is 6.24. The molecule has 4 heteroatoms. The van der Waals surface area contributed by atoms with Gasteiger partial charge in [0.25, 0.3) is 0 Å². The number of amides is 1. The number of carbonyl (C=O) groups excluding carboxylic acids is 1. The van der Waals surface area contributed by atoms with Crippen LogP contribution in [0.25, 0.3) is 0 Å². The molecule has 0 spiro atoms. The number of nitrogens with one attached hydrogen (secondary N) is 1. The molecule has 2 heterocycles. The van der Waals surface area contributed by atoms with Gasteiger partial charge in [0, 0.05) is 23.7 Å². The van der Waals surface area contributed by atoms with Crippen LogP contribution >= 0.6 is 11.3 Å². The summed E-state index contributed by atoms with van der Waals surface area (Å²) in [5.74, 6) is 0.0357. The predicted molar refractivity (Wildman–Crippen MR) is 112 cm³/mol. The van der Waals surface area contributed by atoms with Crippen LogP contribution in [0.1, 0.15) is 33.2 Å². The largest absolute Gasteiger partial charge is 0.324 e. The minimum absolute atomic E-state index is 0.0357. The SMILES string of the molecule is Cc1ccc(C)c(NC(=O)C(c2ccccc2)N2CCc3sccc3C2)c1. The molecule has 0 saturated heterocycles. The highest BCUT2D eigenvalue weighted by Gasteiger charge is 2.31. The number of thiophene rings is 1. The summed E-state index contributed by atoms with van der Waals surface area (Å²) in [6.07, 6.45) is 1.01. The van der Waals surface area contributed by atoms with E-state index < -0.39 is 0 Å². The third kappa shape index (κ3) is 3.82. The van der Waals surface area contributed by atoms with Crippen molar-refractivity contribution in [3.8, 4) is 0 Å². The van der Waals surface area contributed by atoms with Crippen molar-refractivity contribution in [3.05, 3.63) is 87.1 Å². The Morgan fingerprint density at radius 2 is 1.93 bits per heavy atom. The Kier molecular flexibility index (Phi) is 5.10. The standard InChI is InChI=1S/C23H24N2OS/c1-16-8-9-17(2)20(14-16)24-23(26)22(18-6-4-3-5-7-18)25-12-10-21-19(15-25)11-13-27-21/h3-9,11,13-14,22H,10,12,15H2,1-2H3,(H,24,26). The second kappa shape index (κ2) is 7.67. The number of fused-ring (bicyclic) bond motifs is 1. The molecular weight excluding hydrogens is 352 g/mol. The fourth-order valence-corrected chi connectivity index (χ4v) is 4.62. The Balaban J connectivity index is 1.64. The van der Waals surface area contributed by atoms with Crippen molar-refractivity contribution < 1.29 is 4.79 Å². The Morgan fingerprint density at radius 3 is 2.74 bits per heavy atom. The van der Waals surface area contributed by atoms with Crippen LogP contribution in [0.2, 0.25) is 0 Å². The molecule has 3 aromatic rings. The van der Waals surface area contributed by atoms with E-state index in [1.165, 1.54) is 10.4 Å². The van der Waals surface area contributed by atoms with E-state index >= 15 is 0 Å². The average Bonchev–Trinajstić information content (AvgIpc) is 3.14. The van der Waals surface area contributed by atoms with Gasteiger partial charge in [-0.2, -0.15) is 0 Å². The molecule has 1 unspecified atom stereocenters. The monoisotopic (exact) mass is 376 g/mol. The molecule has 138 valence electrons. The Bertz CT molecular complexity index is 948. The maximum absolute atomic E-state index is 13.4. The molecule has 1 amide bonds. The number of nitrogens with zero attached hydrogens (tertiary/aromatic N) is 1. The van der Waals surface area contributed by atoms with Gasteiger partial charge in [0.1, 0.15) is 6.04 Å². The normalized spacial score (nSPS) is 15.2. The van der Waals surface area contributed by atoms with Gasteiger partial charge in [-0.1, -0.05) is 42.5 Å². The predicted octanol–water partition coefficient (Wildman–Crippen LogP) is 5.10. The van der Waals surface area contributed by atoms with Crippen molar-refractivity contribution in [2.45, 2.75) is 32.9 Å². The fourth-order valence-electron chi connectivity index (χ4n) is 3.73. The smallest absolute Gasteiger partial charge is 0.246 e. The number of anilines is 1. The van der Waals surface area contributed by atoms with E-state index in [0.717, 1.165) is 41.9 Å². The van der Waals surface area contributed by atoms with Gasteiger partial charge < -0.3 is 5.32 Å². The molecule has 0 radical (unpaired) electrons. The first-order chi connectivity index (χ1) is 13.1. The zero-order valence-electron chi connectivity index (χ0n) is 15.7. The molecule has 4 rings (SSSR count). The number of hydrogen-bond donors (Lipinski definition) is 1. The van der Waals surface area contributed by atoms with E-state index in [2.05, 4.69) is 45.9 Å². The molecule has 2 aromatic carbocycles. The van der Waals surface area contributed by atoms with E-state index in [0.29, 0.717) is 0 Å². The molecular formula is C23H24N2OS. The van der Waals surface area contributed by atoms with Gasteiger partial charge >= 0.3 is 0 Å². The Hall–Kier alpha value is -2.43. The molecule has 0 fully saturated rings. The van der Waals surface area contributed by atoms with Crippen LogP contribution in [0.15, 0.2) is 60.0 Å². The molecule has 3 nitrogen and oxygen atoms in total. The molecule has 1 aliphatic rings. The van der Waals surface area contributed by atoms with Crippen LogP contribution in [0.5, 0.6) is 0 Å². The van der Waals surface area contributed by atoms with Gasteiger partial charge in [-0.3, -0.25) is 9.69 Å². The molecule has 1 aliphatic heterocycles. The van der Waals surface area contributed by atoms with Crippen molar-refractivity contribution >= 4 is 22.9 Å². The van der Waals surface area contributed by atoms with Gasteiger partial charge in [0.05, 0.1) is 0 Å². The topological polar surface area (TPSA) is 32.3 Å². The maximum atomic E-state index is 13.4. The zero-order chi connectivity index (χ0) is 18.8. The van der Waals surface area contributed by atoms with E-state index in [1.54, 1.807) is 0 Å². The first-order valence-electron chi connectivity index (χ1n) is 9.34. The van der Waals surface area contributed by atoms with Gasteiger partial charge in [0.15, 0.2) is 0 Å². The van der Waals surface area contributed by atoms with Crippen LogP contribution in [-0.4, -0.2) is 17.4 Å². The van der Waals surface area contributed by atoms with Crippen LogP contribution in [0, 0.1) is 13.8 Å². The lowest BCUT2D eigenvalue weighted by molar-refractivity contribution is -0.122. The molecule has 0 saturated carbocycles. The molecule has 27 heavy (non-hydrogen) atoms. The Labute approximate surface area is 164 Å². The number of carbonyl (C=O) groups is 1. The minimum atomic E-state index is -0.292. The number of aryl methyl sites for hydroxylation is 2. The zero-order valence-corrected chi connectivity index (χ0v) is 16.6. The van der Waals surface area contributed by atoms with Crippen LogP contribution in [0.3, 0.4) is 0 Å². The summed E-state index contributed by atoms with van der Waals surface area (Å²) < 4.78 is 0. The highest BCUT2D eigenvalue weighted by atomic mass is 32.1. The first kappa shape index (κ1) is 18.0. The maximum Gasteiger partial charge on any atom is 0.246 e. The fraction of sp³-hybridized carbons (Fsp3) is 0.261. The third-order valence-electron chi connectivity index (χ3n) is 5.22. The number of hydrogen-bond acceptors (Lipinski definition) is 3. The summed E-state index contributed by atoms with van der Waals surface area (Å²) in [4.78, 5) is 17.1. The van der Waals surface area contributed by atoms with Crippen LogP contribution in [0.4, 0.5) is 5.69 Å². The molecule has 1 aromatic heterocycles.